The maximum Gasteiger partial charge on any atom is 0.229 e. The van der Waals surface area contributed by atoms with Gasteiger partial charge in [-0.05, 0) is 29.8 Å². The number of ketones is 1. The van der Waals surface area contributed by atoms with Gasteiger partial charge in [0.1, 0.15) is 41.7 Å². The average Bonchev–Trinajstić information content (AvgIpc) is 3.11. The summed E-state index contributed by atoms with van der Waals surface area (Å²) in [5, 5.41) is 58.0. The van der Waals surface area contributed by atoms with E-state index in [9.17, 15) is 35.6 Å². The minimum absolute atomic E-state index is 0.0756. The minimum Gasteiger partial charge on any atom is -0.508 e. The zero-order chi connectivity index (χ0) is 23.0. The van der Waals surface area contributed by atoms with E-state index in [4.69, 9.17) is 14.2 Å². The Bertz CT molecular complexity index is 961. The number of fused-ring (bicyclic) bond motifs is 1. The Balaban J connectivity index is 1.48. The standard InChI is InChI=1S/C21H22O11/c22-8-14-16(25)17(26)18(27)21(31-14)29-11-4-1-9(2-5-11)19(32-28)20-15(24)12-6-3-10(23)7-13(12)30-20/h1-7,14,16-23,25-28H,8H2/t14-,16-,17+,18-,19?,20?,21-/m1/s1. The Kier molecular flexibility index (Phi) is 6.31. The molecule has 2 aromatic carbocycles. The van der Waals surface area contributed by atoms with Crippen molar-refractivity contribution in [3.63, 3.8) is 0 Å². The second kappa shape index (κ2) is 9.00. The fourth-order valence-electron chi connectivity index (χ4n) is 3.68. The molecule has 2 aromatic rings. The molecule has 6 N–H and O–H groups in total. The van der Waals surface area contributed by atoms with Crippen molar-refractivity contribution in [1.29, 1.82) is 0 Å². The average molecular weight is 450 g/mol. The summed E-state index contributed by atoms with van der Waals surface area (Å²) in [6.45, 7) is -0.588. The van der Waals surface area contributed by atoms with Crippen molar-refractivity contribution in [2.45, 2.75) is 42.9 Å². The van der Waals surface area contributed by atoms with Gasteiger partial charge in [-0.15, -0.1) is 0 Å². The van der Waals surface area contributed by atoms with Crippen LogP contribution in [0.4, 0.5) is 0 Å². The molecule has 2 aliphatic heterocycles. The molecule has 0 aliphatic carbocycles. The third-order valence-corrected chi connectivity index (χ3v) is 5.44. The summed E-state index contributed by atoms with van der Waals surface area (Å²) in [7, 11) is 0. The fourth-order valence-corrected chi connectivity index (χ4v) is 3.68. The fraction of sp³-hybridized carbons (Fsp3) is 0.381. The lowest BCUT2D eigenvalue weighted by molar-refractivity contribution is -0.292. The number of aliphatic hydroxyl groups is 4. The number of carbonyl (C=O) groups is 1. The van der Waals surface area contributed by atoms with Crippen LogP contribution in [0.2, 0.25) is 0 Å². The zero-order valence-electron chi connectivity index (χ0n) is 16.5. The lowest BCUT2D eigenvalue weighted by atomic mass is 9.98. The first kappa shape index (κ1) is 22.4. The second-order valence-electron chi connectivity index (χ2n) is 7.49. The third-order valence-electron chi connectivity index (χ3n) is 5.44. The molecule has 0 radical (unpaired) electrons. The van der Waals surface area contributed by atoms with E-state index < -0.39 is 55.3 Å². The highest BCUT2D eigenvalue weighted by atomic mass is 17.1. The van der Waals surface area contributed by atoms with E-state index in [0.29, 0.717) is 5.56 Å². The lowest BCUT2D eigenvalue weighted by Gasteiger charge is -2.39. The van der Waals surface area contributed by atoms with Crippen LogP contribution in [0.1, 0.15) is 22.0 Å². The van der Waals surface area contributed by atoms with Crippen LogP contribution >= 0.6 is 0 Å². The van der Waals surface area contributed by atoms with E-state index >= 15 is 0 Å². The van der Waals surface area contributed by atoms with Crippen molar-refractivity contribution in [2.75, 3.05) is 6.61 Å². The van der Waals surface area contributed by atoms with Gasteiger partial charge >= 0.3 is 0 Å². The molecule has 2 unspecified atom stereocenters. The number of rotatable bonds is 6. The SMILES string of the molecule is O=C1c2ccc(O)cc2OC1C(OO)c1ccc(O[C@@H]2O[C@H](CO)[C@@H](O)[C@H](O)[C@H]2O)cc1. The van der Waals surface area contributed by atoms with Gasteiger partial charge in [0.2, 0.25) is 12.1 Å². The van der Waals surface area contributed by atoms with Crippen molar-refractivity contribution in [3.05, 3.63) is 53.6 Å². The van der Waals surface area contributed by atoms with Crippen molar-refractivity contribution < 1.29 is 54.7 Å². The van der Waals surface area contributed by atoms with Gasteiger partial charge in [-0.25, -0.2) is 4.89 Å². The van der Waals surface area contributed by atoms with Crippen LogP contribution in [-0.2, 0) is 9.62 Å². The molecule has 11 nitrogen and oxygen atoms in total. The zero-order valence-corrected chi connectivity index (χ0v) is 16.5. The van der Waals surface area contributed by atoms with Gasteiger partial charge in [-0.1, -0.05) is 12.1 Å². The van der Waals surface area contributed by atoms with Gasteiger partial charge in [-0.3, -0.25) is 10.1 Å². The predicted molar refractivity (Wildman–Crippen MR) is 104 cm³/mol. The molecule has 7 atom stereocenters. The second-order valence-corrected chi connectivity index (χ2v) is 7.49. The van der Waals surface area contributed by atoms with Crippen molar-refractivity contribution in [3.8, 4) is 17.2 Å². The number of Topliss-reactive ketones (excluding diaryl/α,β-unsaturated/α-hetero) is 1. The Labute approximate surface area is 181 Å². The van der Waals surface area contributed by atoms with E-state index in [1.165, 1.54) is 42.5 Å². The molecular formula is C21H22O11. The summed E-state index contributed by atoms with van der Waals surface area (Å²) in [5.74, 6) is -0.139. The normalized spacial score (nSPS) is 30.5. The van der Waals surface area contributed by atoms with Crippen LogP contribution in [0.5, 0.6) is 17.2 Å². The van der Waals surface area contributed by atoms with E-state index in [1.807, 2.05) is 0 Å². The monoisotopic (exact) mass is 450 g/mol. The quantitative estimate of drug-likeness (QED) is 0.253. The van der Waals surface area contributed by atoms with Gasteiger partial charge < -0.3 is 39.7 Å². The molecule has 11 heteroatoms. The molecule has 4 rings (SSSR count). The summed E-state index contributed by atoms with van der Waals surface area (Å²) < 4.78 is 16.4. The number of benzene rings is 2. The number of hydrogen-bond donors (Lipinski definition) is 6. The van der Waals surface area contributed by atoms with Crippen LogP contribution in [0.25, 0.3) is 0 Å². The van der Waals surface area contributed by atoms with Gasteiger partial charge in [-0.2, -0.15) is 0 Å². The van der Waals surface area contributed by atoms with Crippen molar-refractivity contribution in [1.82, 2.24) is 0 Å². The highest BCUT2D eigenvalue weighted by Gasteiger charge is 2.45. The van der Waals surface area contributed by atoms with Gasteiger partial charge in [0.25, 0.3) is 0 Å². The largest absolute Gasteiger partial charge is 0.508 e. The number of carbonyl (C=O) groups excluding carboxylic acids is 1. The summed E-state index contributed by atoms with van der Waals surface area (Å²) in [4.78, 5) is 17.1. The predicted octanol–water partition coefficient (Wildman–Crippen LogP) is -0.255. The molecule has 2 heterocycles. The van der Waals surface area contributed by atoms with Crippen LogP contribution < -0.4 is 9.47 Å². The summed E-state index contributed by atoms with van der Waals surface area (Å²) in [5.41, 5.74) is 0.612. The molecule has 0 aromatic heterocycles. The van der Waals surface area contributed by atoms with E-state index in [1.54, 1.807) is 0 Å². The maximum atomic E-state index is 12.6. The van der Waals surface area contributed by atoms with E-state index in [0.717, 1.165) is 0 Å². The Morgan fingerprint density at radius 3 is 2.38 bits per heavy atom. The summed E-state index contributed by atoms with van der Waals surface area (Å²) in [6, 6.07) is 9.91. The molecule has 0 saturated carbocycles. The number of aromatic hydroxyl groups is 1. The molecule has 1 fully saturated rings. The Morgan fingerprint density at radius 2 is 1.72 bits per heavy atom. The molecule has 32 heavy (non-hydrogen) atoms. The van der Waals surface area contributed by atoms with Gasteiger partial charge in [0.15, 0.2) is 12.2 Å². The number of aliphatic hydroxyl groups excluding tert-OH is 4. The first-order valence-electron chi connectivity index (χ1n) is 9.75. The highest BCUT2D eigenvalue weighted by molar-refractivity contribution is 6.05. The Morgan fingerprint density at radius 1 is 1.00 bits per heavy atom. The van der Waals surface area contributed by atoms with E-state index in [2.05, 4.69) is 4.89 Å². The number of ether oxygens (including phenoxy) is 3. The van der Waals surface area contributed by atoms with Crippen molar-refractivity contribution >= 4 is 5.78 Å². The Hall–Kier alpha value is -2.77. The van der Waals surface area contributed by atoms with Crippen LogP contribution in [0.3, 0.4) is 0 Å². The number of hydrogen-bond acceptors (Lipinski definition) is 11. The third kappa shape index (κ3) is 4.02. The van der Waals surface area contributed by atoms with Crippen LogP contribution in [0, 0.1) is 0 Å². The first-order valence-corrected chi connectivity index (χ1v) is 9.75. The lowest BCUT2D eigenvalue weighted by Crippen LogP contribution is -2.60. The first-order chi connectivity index (χ1) is 15.3. The van der Waals surface area contributed by atoms with Crippen LogP contribution in [0.15, 0.2) is 42.5 Å². The maximum absolute atomic E-state index is 12.6. The minimum atomic E-state index is -1.58. The number of phenolic OH excluding ortho intramolecular Hbond substituents is 1. The van der Waals surface area contributed by atoms with Gasteiger partial charge in [0.05, 0.1) is 12.2 Å². The van der Waals surface area contributed by atoms with Crippen molar-refractivity contribution in [2.24, 2.45) is 0 Å². The highest BCUT2D eigenvalue weighted by Crippen LogP contribution is 2.38. The number of phenols is 1. The summed E-state index contributed by atoms with van der Waals surface area (Å²) >= 11 is 0. The molecule has 0 bridgehead atoms. The summed E-state index contributed by atoms with van der Waals surface area (Å²) in [6.07, 6.45) is -9.49. The molecule has 2 aliphatic rings. The molecule has 172 valence electrons. The molecule has 0 amide bonds. The molecule has 1 saturated heterocycles. The van der Waals surface area contributed by atoms with E-state index in [-0.39, 0.29) is 22.8 Å². The topological polar surface area (TPSA) is 175 Å². The molecular weight excluding hydrogens is 428 g/mol. The van der Waals surface area contributed by atoms with Gasteiger partial charge in [0, 0.05) is 6.07 Å². The molecule has 0 spiro atoms. The smallest absolute Gasteiger partial charge is 0.229 e. The van der Waals surface area contributed by atoms with Crippen LogP contribution in [-0.4, -0.2) is 80.0 Å².